The Kier molecular flexibility index (Phi) is 4.23. The maximum Gasteiger partial charge on any atom is 0.387 e. The van der Waals surface area contributed by atoms with Crippen molar-refractivity contribution in [1.29, 1.82) is 0 Å². The summed E-state index contributed by atoms with van der Waals surface area (Å²) in [5, 5.41) is 4.41. The van der Waals surface area contributed by atoms with E-state index in [-0.39, 0.29) is 17.6 Å². The maximum atomic E-state index is 12.4. The van der Waals surface area contributed by atoms with E-state index in [0.29, 0.717) is 28.5 Å². The van der Waals surface area contributed by atoms with Gasteiger partial charge in [-0.3, -0.25) is 0 Å². The number of hydrogen-bond donors (Lipinski definition) is 1. The molecule has 0 bridgehead atoms. The lowest BCUT2D eigenvalue weighted by molar-refractivity contribution is -0.0497. The van der Waals surface area contributed by atoms with Gasteiger partial charge in [-0.1, -0.05) is 0 Å². The molecule has 0 radical (unpaired) electrons. The lowest BCUT2D eigenvalue weighted by Gasteiger charge is -2.06. The van der Waals surface area contributed by atoms with E-state index in [9.17, 15) is 8.78 Å². The molecule has 1 N–H and O–H groups in total. The standard InChI is InChI=1S/C20H19F2N7O/c1-9-24-16(8-18(25-9)29-11(3)23-10(2)28-29)13-7-14(13)19-26-15-5-4-12(30-20(21)22)6-17(15)27-19/h4-6,8,13-14,20H,7H2,1-3H3,(H,26,27)/t13-,14-/m1/s1. The number of hydrogen-bond acceptors (Lipinski definition) is 6. The van der Waals surface area contributed by atoms with Crippen molar-refractivity contribution >= 4 is 11.0 Å². The molecule has 0 spiro atoms. The third-order valence-electron chi connectivity index (χ3n) is 5.15. The predicted molar refractivity (Wildman–Crippen MR) is 104 cm³/mol. The van der Waals surface area contributed by atoms with Crippen LogP contribution in [0.3, 0.4) is 0 Å². The third kappa shape index (κ3) is 3.38. The van der Waals surface area contributed by atoms with Crippen molar-refractivity contribution < 1.29 is 13.5 Å². The smallest absolute Gasteiger partial charge is 0.387 e. The van der Waals surface area contributed by atoms with Crippen molar-refractivity contribution in [2.45, 2.75) is 45.6 Å². The van der Waals surface area contributed by atoms with Crippen LogP contribution in [0.2, 0.25) is 0 Å². The Bertz CT molecular complexity index is 1250. The van der Waals surface area contributed by atoms with E-state index in [1.165, 1.54) is 12.1 Å². The average molecular weight is 411 g/mol. The number of rotatable bonds is 5. The van der Waals surface area contributed by atoms with Gasteiger partial charge < -0.3 is 9.72 Å². The lowest BCUT2D eigenvalue weighted by atomic mass is 10.2. The first-order valence-electron chi connectivity index (χ1n) is 9.58. The van der Waals surface area contributed by atoms with Gasteiger partial charge in [0, 0.05) is 24.0 Å². The van der Waals surface area contributed by atoms with Crippen LogP contribution in [0.1, 0.15) is 47.2 Å². The summed E-state index contributed by atoms with van der Waals surface area (Å²) in [6.45, 7) is 2.73. The summed E-state index contributed by atoms with van der Waals surface area (Å²) in [4.78, 5) is 21.3. The summed E-state index contributed by atoms with van der Waals surface area (Å²) in [7, 11) is 0. The van der Waals surface area contributed by atoms with Crippen molar-refractivity contribution in [3.05, 3.63) is 53.3 Å². The van der Waals surface area contributed by atoms with Crippen molar-refractivity contribution in [3.63, 3.8) is 0 Å². The summed E-state index contributed by atoms with van der Waals surface area (Å²) < 4.78 is 31.1. The largest absolute Gasteiger partial charge is 0.435 e. The minimum absolute atomic E-state index is 0.106. The van der Waals surface area contributed by atoms with E-state index in [4.69, 9.17) is 0 Å². The van der Waals surface area contributed by atoms with Gasteiger partial charge in [0.25, 0.3) is 0 Å². The topological polar surface area (TPSA) is 94.4 Å². The minimum Gasteiger partial charge on any atom is -0.435 e. The molecule has 154 valence electrons. The molecule has 10 heteroatoms. The van der Waals surface area contributed by atoms with E-state index in [1.807, 2.05) is 26.8 Å². The molecule has 8 nitrogen and oxygen atoms in total. The lowest BCUT2D eigenvalue weighted by Crippen LogP contribution is -2.06. The fourth-order valence-electron chi connectivity index (χ4n) is 3.80. The number of aromatic amines is 1. The molecule has 3 heterocycles. The number of fused-ring (bicyclic) bond motifs is 1. The number of alkyl halides is 2. The van der Waals surface area contributed by atoms with E-state index in [1.54, 1.807) is 10.7 Å². The van der Waals surface area contributed by atoms with Gasteiger partial charge in [0.2, 0.25) is 0 Å². The summed E-state index contributed by atoms with van der Waals surface area (Å²) in [5.74, 6) is 4.11. The first-order chi connectivity index (χ1) is 14.4. The molecule has 1 aliphatic carbocycles. The highest BCUT2D eigenvalue weighted by Gasteiger charge is 2.43. The van der Waals surface area contributed by atoms with Crippen LogP contribution in [0.5, 0.6) is 5.75 Å². The summed E-state index contributed by atoms with van der Waals surface area (Å²) in [6.07, 6.45) is 0.894. The molecule has 30 heavy (non-hydrogen) atoms. The molecular formula is C20H19F2N7O. The van der Waals surface area contributed by atoms with Gasteiger partial charge >= 0.3 is 6.61 Å². The number of halogens is 2. The van der Waals surface area contributed by atoms with Crippen LogP contribution in [-0.2, 0) is 0 Å². The second kappa shape index (κ2) is 6.82. The molecule has 0 unspecified atom stereocenters. The van der Waals surface area contributed by atoms with Crippen LogP contribution >= 0.6 is 0 Å². The Morgan fingerprint density at radius 1 is 1.03 bits per heavy atom. The van der Waals surface area contributed by atoms with Crippen LogP contribution in [0.25, 0.3) is 16.9 Å². The number of aromatic nitrogens is 7. The van der Waals surface area contributed by atoms with Crippen LogP contribution in [0.4, 0.5) is 8.78 Å². The predicted octanol–water partition coefficient (Wildman–Crippen LogP) is 3.73. The molecule has 1 fully saturated rings. The van der Waals surface area contributed by atoms with Gasteiger partial charge in [-0.05, 0) is 39.3 Å². The highest BCUT2D eigenvalue weighted by Crippen LogP contribution is 2.53. The van der Waals surface area contributed by atoms with Crippen molar-refractivity contribution in [2.24, 2.45) is 0 Å². The molecule has 1 saturated carbocycles. The molecule has 1 aromatic carbocycles. The second-order valence-electron chi connectivity index (χ2n) is 7.44. The molecule has 1 aliphatic rings. The van der Waals surface area contributed by atoms with E-state index in [0.717, 1.165) is 23.8 Å². The zero-order valence-corrected chi connectivity index (χ0v) is 16.6. The van der Waals surface area contributed by atoms with Crippen LogP contribution in [0, 0.1) is 20.8 Å². The van der Waals surface area contributed by atoms with Crippen LogP contribution in [0.15, 0.2) is 24.3 Å². The number of imidazole rings is 1. The zero-order valence-electron chi connectivity index (χ0n) is 16.6. The third-order valence-corrected chi connectivity index (χ3v) is 5.15. The van der Waals surface area contributed by atoms with E-state index >= 15 is 0 Å². The monoisotopic (exact) mass is 411 g/mol. The van der Waals surface area contributed by atoms with Crippen LogP contribution < -0.4 is 4.74 Å². The molecule has 5 rings (SSSR count). The van der Waals surface area contributed by atoms with Crippen LogP contribution in [-0.4, -0.2) is 41.3 Å². The number of nitrogens with zero attached hydrogens (tertiary/aromatic N) is 6. The minimum atomic E-state index is -2.86. The normalized spacial score (nSPS) is 18.3. The summed E-state index contributed by atoms with van der Waals surface area (Å²) in [6, 6.07) is 6.65. The molecule has 4 aromatic rings. The molecule has 2 atom stereocenters. The Hall–Kier alpha value is -3.43. The molecule has 0 saturated heterocycles. The summed E-state index contributed by atoms with van der Waals surface area (Å²) >= 11 is 0. The fraction of sp³-hybridized carbons (Fsp3) is 0.350. The molecular weight excluding hydrogens is 392 g/mol. The Morgan fingerprint density at radius 2 is 1.87 bits per heavy atom. The number of ether oxygens (including phenoxy) is 1. The first-order valence-corrected chi connectivity index (χ1v) is 9.58. The van der Waals surface area contributed by atoms with Gasteiger partial charge in [0.15, 0.2) is 5.82 Å². The van der Waals surface area contributed by atoms with E-state index in [2.05, 4.69) is 34.8 Å². The number of nitrogens with one attached hydrogen (secondary N) is 1. The fourth-order valence-corrected chi connectivity index (χ4v) is 3.80. The van der Waals surface area contributed by atoms with Gasteiger partial charge in [-0.2, -0.15) is 13.5 Å². The van der Waals surface area contributed by atoms with E-state index < -0.39 is 6.61 Å². The van der Waals surface area contributed by atoms with Gasteiger partial charge in [0.05, 0.1) is 16.7 Å². The van der Waals surface area contributed by atoms with Gasteiger partial charge in [-0.15, -0.1) is 5.10 Å². The first kappa shape index (κ1) is 18.6. The Balaban J connectivity index is 1.42. The Morgan fingerprint density at radius 3 is 2.60 bits per heavy atom. The SMILES string of the molecule is Cc1nc([C@@H]2C[C@H]2c2nc3ccc(OC(F)F)cc3[nH]2)cc(-n2nc(C)nc2C)n1. The number of H-pyrrole nitrogens is 1. The van der Waals surface area contributed by atoms with Crippen molar-refractivity contribution in [1.82, 2.24) is 34.7 Å². The summed E-state index contributed by atoms with van der Waals surface area (Å²) in [5.41, 5.74) is 2.31. The number of aryl methyl sites for hydroxylation is 3. The maximum absolute atomic E-state index is 12.4. The highest BCUT2D eigenvalue weighted by molar-refractivity contribution is 5.77. The van der Waals surface area contributed by atoms with Crippen molar-refractivity contribution in [3.8, 4) is 11.6 Å². The molecule has 0 aliphatic heterocycles. The Labute approximate surface area is 170 Å². The van der Waals surface area contributed by atoms with Gasteiger partial charge in [-0.25, -0.2) is 19.9 Å². The molecule has 3 aromatic heterocycles. The highest BCUT2D eigenvalue weighted by atomic mass is 19.3. The quantitative estimate of drug-likeness (QED) is 0.538. The number of benzene rings is 1. The van der Waals surface area contributed by atoms with Gasteiger partial charge in [0.1, 0.15) is 29.0 Å². The second-order valence-corrected chi connectivity index (χ2v) is 7.44. The zero-order chi connectivity index (χ0) is 21.0. The average Bonchev–Trinajstić information content (AvgIpc) is 3.25. The molecule has 0 amide bonds. The van der Waals surface area contributed by atoms with Crippen molar-refractivity contribution in [2.75, 3.05) is 0 Å².